The molecule has 0 saturated heterocycles. The Labute approximate surface area is 159 Å². The number of benzene rings is 2. The molecule has 136 valence electrons. The van der Waals surface area contributed by atoms with E-state index >= 15 is 0 Å². The number of carbonyl (C=O) groups excluding carboxylic acids is 1. The molecular weight excluding hydrogens is 342 g/mol. The van der Waals surface area contributed by atoms with E-state index in [2.05, 4.69) is 23.5 Å². The zero-order chi connectivity index (χ0) is 17.9. The van der Waals surface area contributed by atoms with Crippen LogP contribution < -0.4 is 10.1 Å². The molecule has 2 aromatic carbocycles. The normalized spacial score (nSPS) is 17.0. The molecule has 4 heteroatoms. The number of fused-ring (bicyclic) bond motifs is 2. The summed E-state index contributed by atoms with van der Waals surface area (Å²) >= 11 is 1.64. The molecule has 2 aliphatic rings. The van der Waals surface area contributed by atoms with E-state index in [9.17, 15) is 4.79 Å². The molecule has 4 rings (SSSR count). The minimum Gasteiger partial charge on any atom is -0.497 e. The van der Waals surface area contributed by atoms with Gasteiger partial charge in [-0.3, -0.25) is 4.79 Å². The monoisotopic (exact) mass is 367 g/mol. The molecule has 1 heterocycles. The lowest BCUT2D eigenvalue weighted by Gasteiger charge is -2.21. The van der Waals surface area contributed by atoms with Crippen molar-refractivity contribution in [3.05, 3.63) is 47.5 Å². The average Bonchev–Trinajstić information content (AvgIpc) is 2.82. The Bertz CT molecular complexity index is 812. The second kappa shape index (κ2) is 7.75. The minimum absolute atomic E-state index is 0.0606. The number of hydrogen-bond acceptors (Lipinski definition) is 3. The molecule has 0 aromatic heterocycles. The molecule has 1 aliphatic carbocycles. The van der Waals surface area contributed by atoms with Crippen molar-refractivity contribution in [2.45, 2.75) is 54.7 Å². The van der Waals surface area contributed by atoms with Gasteiger partial charge in [-0.15, -0.1) is 0 Å². The van der Waals surface area contributed by atoms with E-state index in [1.54, 1.807) is 18.9 Å². The van der Waals surface area contributed by atoms with Gasteiger partial charge >= 0.3 is 0 Å². The molecule has 1 aliphatic heterocycles. The van der Waals surface area contributed by atoms with Crippen LogP contribution in [0.2, 0.25) is 0 Å². The van der Waals surface area contributed by atoms with Crippen LogP contribution in [0, 0.1) is 5.92 Å². The van der Waals surface area contributed by atoms with E-state index in [-0.39, 0.29) is 5.91 Å². The van der Waals surface area contributed by atoms with E-state index in [4.69, 9.17) is 4.74 Å². The Morgan fingerprint density at radius 1 is 1.08 bits per heavy atom. The molecule has 0 spiro atoms. The number of nitrogens with one attached hydrogen (secondary N) is 1. The minimum atomic E-state index is -0.0606. The predicted octanol–water partition coefficient (Wildman–Crippen LogP) is 5.93. The quantitative estimate of drug-likeness (QED) is 0.728. The number of amides is 1. The molecule has 1 N–H and O–H groups in total. The van der Waals surface area contributed by atoms with Crippen LogP contribution in [0.25, 0.3) is 0 Å². The lowest BCUT2D eigenvalue weighted by atomic mass is 9.85. The second-order valence-electron chi connectivity index (χ2n) is 7.29. The van der Waals surface area contributed by atoms with Crippen molar-refractivity contribution in [3.8, 4) is 5.75 Å². The van der Waals surface area contributed by atoms with Crippen LogP contribution in [0.5, 0.6) is 5.75 Å². The van der Waals surface area contributed by atoms with Crippen LogP contribution in [-0.2, 0) is 6.42 Å². The van der Waals surface area contributed by atoms with Crippen molar-refractivity contribution in [3.63, 3.8) is 0 Å². The third-order valence-electron chi connectivity index (χ3n) is 5.51. The van der Waals surface area contributed by atoms with Crippen LogP contribution in [0.3, 0.4) is 0 Å². The fourth-order valence-corrected chi connectivity index (χ4v) is 4.97. The van der Waals surface area contributed by atoms with Crippen molar-refractivity contribution in [1.29, 1.82) is 0 Å². The molecule has 0 atom stereocenters. The smallest absolute Gasteiger partial charge is 0.256 e. The highest BCUT2D eigenvalue weighted by Gasteiger charge is 2.21. The van der Waals surface area contributed by atoms with Crippen LogP contribution >= 0.6 is 11.8 Å². The summed E-state index contributed by atoms with van der Waals surface area (Å²) in [6, 6.07) is 12.2. The van der Waals surface area contributed by atoms with Gasteiger partial charge in [-0.2, -0.15) is 0 Å². The van der Waals surface area contributed by atoms with Crippen molar-refractivity contribution in [1.82, 2.24) is 0 Å². The SMILES string of the molecule is COc1ccc2c(c1)C(=O)Nc1cc(CCC3CCCCC3)ccc1S2. The molecule has 1 saturated carbocycles. The van der Waals surface area contributed by atoms with Crippen molar-refractivity contribution in [2.75, 3.05) is 12.4 Å². The Morgan fingerprint density at radius 3 is 2.69 bits per heavy atom. The van der Waals surface area contributed by atoms with Gasteiger partial charge in [0.1, 0.15) is 5.75 Å². The van der Waals surface area contributed by atoms with Crippen molar-refractivity contribution < 1.29 is 9.53 Å². The Balaban J connectivity index is 1.52. The molecule has 1 amide bonds. The lowest BCUT2D eigenvalue weighted by Crippen LogP contribution is -2.12. The second-order valence-corrected chi connectivity index (χ2v) is 8.38. The Morgan fingerprint density at radius 2 is 1.88 bits per heavy atom. The first-order valence-corrected chi connectivity index (χ1v) is 10.3. The highest BCUT2D eigenvalue weighted by molar-refractivity contribution is 7.99. The highest BCUT2D eigenvalue weighted by atomic mass is 32.2. The molecule has 1 fully saturated rings. The number of carbonyl (C=O) groups is 1. The van der Waals surface area contributed by atoms with Crippen molar-refractivity contribution in [2.24, 2.45) is 5.92 Å². The average molecular weight is 368 g/mol. The third-order valence-corrected chi connectivity index (χ3v) is 6.66. The zero-order valence-electron chi connectivity index (χ0n) is 15.2. The largest absolute Gasteiger partial charge is 0.497 e. The van der Waals surface area contributed by atoms with Crippen LogP contribution in [0.15, 0.2) is 46.2 Å². The maximum atomic E-state index is 12.7. The molecule has 26 heavy (non-hydrogen) atoms. The summed E-state index contributed by atoms with van der Waals surface area (Å²) in [7, 11) is 1.62. The van der Waals surface area contributed by atoms with Gasteiger partial charge in [0, 0.05) is 9.79 Å². The van der Waals surface area contributed by atoms with Gasteiger partial charge in [-0.1, -0.05) is 49.9 Å². The summed E-state index contributed by atoms with van der Waals surface area (Å²) in [6.07, 6.45) is 9.32. The van der Waals surface area contributed by atoms with E-state index in [0.29, 0.717) is 11.3 Å². The molecular formula is C22H25NO2S. The first-order chi connectivity index (χ1) is 12.7. The molecule has 0 bridgehead atoms. The number of aryl methyl sites for hydroxylation is 1. The maximum absolute atomic E-state index is 12.7. The Kier molecular flexibility index (Phi) is 5.21. The number of methoxy groups -OCH3 is 1. The first-order valence-electron chi connectivity index (χ1n) is 9.53. The van der Waals surface area contributed by atoms with Gasteiger partial charge in [-0.25, -0.2) is 0 Å². The van der Waals surface area contributed by atoms with E-state index in [1.807, 2.05) is 18.2 Å². The van der Waals surface area contributed by atoms with E-state index in [0.717, 1.165) is 27.8 Å². The molecule has 2 aromatic rings. The zero-order valence-corrected chi connectivity index (χ0v) is 16.0. The van der Waals surface area contributed by atoms with Gasteiger partial charge < -0.3 is 10.1 Å². The predicted molar refractivity (Wildman–Crippen MR) is 106 cm³/mol. The number of hydrogen-bond donors (Lipinski definition) is 1. The third kappa shape index (κ3) is 3.75. The van der Waals surface area contributed by atoms with Crippen LogP contribution in [-0.4, -0.2) is 13.0 Å². The van der Waals surface area contributed by atoms with E-state index < -0.39 is 0 Å². The lowest BCUT2D eigenvalue weighted by molar-refractivity contribution is 0.102. The summed E-state index contributed by atoms with van der Waals surface area (Å²) in [5, 5.41) is 3.09. The summed E-state index contributed by atoms with van der Waals surface area (Å²) < 4.78 is 5.27. The van der Waals surface area contributed by atoms with Gasteiger partial charge in [0.05, 0.1) is 18.4 Å². The van der Waals surface area contributed by atoms with Gasteiger partial charge in [0.15, 0.2) is 0 Å². The van der Waals surface area contributed by atoms with Gasteiger partial charge in [-0.05, 0) is 54.7 Å². The summed E-state index contributed by atoms with van der Waals surface area (Å²) in [5.74, 6) is 1.52. The summed E-state index contributed by atoms with van der Waals surface area (Å²) in [5.41, 5.74) is 2.92. The number of anilines is 1. The Hall–Kier alpha value is -1.94. The van der Waals surface area contributed by atoms with E-state index in [1.165, 1.54) is 44.1 Å². The highest BCUT2D eigenvalue weighted by Crippen LogP contribution is 2.40. The topological polar surface area (TPSA) is 38.3 Å². The first kappa shape index (κ1) is 17.5. The fraction of sp³-hybridized carbons (Fsp3) is 0.409. The molecule has 0 radical (unpaired) electrons. The number of rotatable bonds is 4. The summed E-state index contributed by atoms with van der Waals surface area (Å²) in [4.78, 5) is 14.7. The number of ether oxygens (including phenoxy) is 1. The fourth-order valence-electron chi connectivity index (χ4n) is 3.98. The molecule has 0 unspecified atom stereocenters. The summed E-state index contributed by atoms with van der Waals surface area (Å²) in [6.45, 7) is 0. The standard InChI is InChI=1S/C22H25NO2S/c1-25-17-10-12-20-18(14-17)22(24)23-19-13-16(9-11-21(19)26-20)8-7-15-5-3-2-4-6-15/h9-15H,2-8H2,1H3,(H,23,24). The maximum Gasteiger partial charge on any atom is 0.256 e. The molecule has 3 nitrogen and oxygen atoms in total. The van der Waals surface area contributed by atoms with Crippen LogP contribution in [0.1, 0.15) is 54.4 Å². The van der Waals surface area contributed by atoms with Crippen LogP contribution in [0.4, 0.5) is 5.69 Å². The van der Waals surface area contributed by atoms with Gasteiger partial charge in [0.25, 0.3) is 5.91 Å². The van der Waals surface area contributed by atoms with Gasteiger partial charge in [0.2, 0.25) is 0 Å². The van der Waals surface area contributed by atoms with Crippen molar-refractivity contribution >= 4 is 23.4 Å².